The second-order valence-corrected chi connectivity index (χ2v) is 10.8. The lowest BCUT2D eigenvalue weighted by Gasteiger charge is -2.20. The molecule has 0 bridgehead atoms. The van der Waals surface area contributed by atoms with Gasteiger partial charge in [0.2, 0.25) is 0 Å². The molecule has 3 heterocycles. The fraction of sp³-hybridized carbons (Fsp3) is 0.429. The Morgan fingerprint density at radius 3 is 2.45 bits per heavy atom. The highest BCUT2D eigenvalue weighted by atomic mass is 16.5. The van der Waals surface area contributed by atoms with Gasteiger partial charge in [0, 0.05) is 49.0 Å². The number of carbonyl (C=O) groups excluding carboxylic acids is 2. The first-order valence-electron chi connectivity index (χ1n) is 12.8. The molecular formula is C28H36N6O4. The number of likely N-dealkylation sites (tertiary alicyclic amines) is 1. The van der Waals surface area contributed by atoms with Crippen molar-refractivity contribution in [2.24, 2.45) is 0 Å². The van der Waals surface area contributed by atoms with E-state index in [-0.39, 0.29) is 29.2 Å². The van der Waals surface area contributed by atoms with E-state index in [1.165, 1.54) is 4.90 Å². The van der Waals surface area contributed by atoms with E-state index in [2.05, 4.69) is 39.5 Å². The van der Waals surface area contributed by atoms with Crippen molar-refractivity contribution in [3.05, 3.63) is 60.1 Å². The third kappa shape index (κ3) is 6.69. The smallest absolute Gasteiger partial charge is 0.327 e. The molecule has 2 aromatic heterocycles. The van der Waals surface area contributed by atoms with E-state index in [1.54, 1.807) is 55.7 Å². The Kier molecular flexibility index (Phi) is 8.01. The minimum atomic E-state index is -0.364. The third-order valence-electron chi connectivity index (χ3n) is 6.48. The highest BCUT2D eigenvalue weighted by molar-refractivity contribution is 6.03. The quantitative estimate of drug-likeness (QED) is 0.443. The summed E-state index contributed by atoms with van der Waals surface area (Å²) in [4.78, 5) is 33.4. The molecule has 1 fully saturated rings. The zero-order chi connectivity index (χ0) is 27.4. The number of nitrogens with one attached hydrogen (secondary N) is 2. The fourth-order valence-electron chi connectivity index (χ4n) is 4.06. The van der Waals surface area contributed by atoms with E-state index in [9.17, 15) is 9.59 Å². The zero-order valence-corrected chi connectivity index (χ0v) is 22.8. The molecule has 0 spiro atoms. The van der Waals surface area contributed by atoms with Gasteiger partial charge < -0.3 is 14.6 Å². The summed E-state index contributed by atoms with van der Waals surface area (Å²) < 4.78 is 11.3. The Balaban J connectivity index is 1.29. The summed E-state index contributed by atoms with van der Waals surface area (Å²) in [5.74, 6) is 1.35. The number of urea groups is 1. The molecule has 4 rings (SSSR count). The largest absolute Gasteiger partial charge is 0.487 e. The number of aromatic nitrogens is 2. The van der Waals surface area contributed by atoms with Crippen molar-refractivity contribution < 1.29 is 18.8 Å². The van der Waals surface area contributed by atoms with Gasteiger partial charge in [-0.3, -0.25) is 19.9 Å². The van der Waals surface area contributed by atoms with Crippen LogP contribution in [0.4, 0.5) is 22.0 Å². The van der Waals surface area contributed by atoms with E-state index in [0.717, 1.165) is 19.5 Å². The summed E-state index contributed by atoms with van der Waals surface area (Å²) in [6, 6.07) is 12.2. The molecule has 3 amide bonds. The molecule has 0 aliphatic carbocycles. The molecule has 0 radical (unpaired) electrons. The first-order valence-corrected chi connectivity index (χ1v) is 12.8. The molecule has 1 aliphatic rings. The van der Waals surface area contributed by atoms with Crippen LogP contribution in [0.2, 0.25) is 0 Å². The zero-order valence-electron chi connectivity index (χ0n) is 22.8. The van der Waals surface area contributed by atoms with Gasteiger partial charge in [-0.05, 0) is 56.7 Å². The Hall–Kier alpha value is -3.92. The summed E-state index contributed by atoms with van der Waals surface area (Å²) in [6.45, 7) is 12.3. The molecule has 10 heteroatoms. The number of benzene rings is 1. The minimum Gasteiger partial charge on any atom is -0.487 e. The van der Waals surface area contributed by atoms with Crippen LogP contribution in [0.3, 0.4) is 0 Å². The SMILES string of the molecule is CC(C)N1CCC(Oc2ccc(C(=O)Nc3ccc(N(C)C(=O)Nc4cc(C(C)(C)C)on4)cc3)nc2)C1. The molecule has 1 aromatic carbocycles. The molecule has 1 aliphatic heterocycles. The van der Waals surface area contributed by atoms with Crippen molar-refractivity contribution in [1.29, 1.82) is 0 Å². The normalized spacial score (nSPS) is 15.9. The van der Waals surface area contributed by atoms with Gasteiger partial charge in [0.15, 0.2) is 5.82 Å². The van der Waals surface area contributed by atoms with Crippen LogP contribution in [0.15, 0.2) is 53.2 Å². The molecule has 1 saturated heterocycles. The maximum absolute atomic E-state index is 12.7. The van der Waals surface area contributed by atoms with Gasteiger partial charge in [-0.2, -0.15) is 0 Å². The Morgan fingerprint density at radius 2 is 1.87 bits per heavy atom. The van der Waals surface area contributed by atoms with Gasteiger partial charge in [-0.25, -0.2) is 9.78 Å². The highest BCUT2D eigenvalue weighted by Gasteiger charge is 2.26. The van der Waals surface area contributed by atoms with Crippen molar-refractivity contribution >= 4 is 29.1 Å². The van der Waals surface area contributed by atoms with E-state index < -0.39 is 0 Å². The van der Waals surface area contributed by atoms with E-state index in [1.807, 2.05) is 20.8 Å². The molecule has 1 unspecified atom stereocenters. The predicted molar refractivity (Wildman–Crippen MR) is 147 cm³/mol. The van der Waals surface area contributed by atoms with Crippen molar-refractivity contribution in [1.82, 2.24) is 15.0 Å². The number of pyridine rings is 1. The topological polar surface area (TPSA) is 113 Å². The Morgan fingerprint density at radius 1 is 1.13 bits per heavy atom. The van der Waals surface area contributed by atoms with Crippen LogP contribution in [-0.2, 0) is 5.41 Å². The lowest BCUT2D eigenvalue weighted by molar-refractivity contribution is 0.102. The number of carbonyl (C=O) groups is 2. The van der Waals surface area contributed by atoms with Crippen LogP contribution in [0.5, 0.6) is 5.75 Å². The summed E-state index contributed by atoms with van der Waals surface area (Å²) in [6.07, 6.45) is 2.70. The van der Waals surface area contributed by atoms with Crippen LogP contribution in [0.1, 0.15) is 57.3 Å². The number of rotatable bonds is 7. The van der Waals surface area contributed by atoms with Gasteiger partial charge in [-0.15, -0.1) is 0 Å². The minimum absolute atomic E-state index is 0.134. The van der Waals surface area contributed by atoms with E-state index in [4.69, 9.17) is 9.26 Å². The molecule has 3 aromatic rings. The summed E-state index contributed by atoms with van der Waals surface area (Å²) in [7, 11) is 1.65. The lowest BCUT2D eigenvalue weighted by atomic mass is 9.93. The van der Waals surface area contributed by atoms with Crippen LogP contribution in [0, 0.1) is 0 Å². The summed E-state index contributed by atoms with van der Waals surface area (Å²) in [5, 5.41) is 9.47. The second kappa shape index (κ2) is 11.2. The maximum atomic E-state index is 12.7. The molecule has 10 nitrogen and oxygen atoms in total. The first kappa shape index (κ1) is 27.1. The van der Waals surface area contributed by atoms with Crippen molar-refractivity contribution in [2.45, 2.75) is 58.6 Å². The van der Waals surface area contributed by atoms with Crippen LogP contribution < -0.4 is 20.3 Å². The maximum Gasteiger partial charge on any atom is 0.327 e. The Bertz CT molecular complexity index is 1250. The average Bonchev–Trinajstić information content (AvgIpc) is 3.54. The standard InChI is InChI=1S/C28H36N6O4/c1-18(2)34-14-13-22(17-34)37-21-11-12-23(29-16-21)26(35)30-19-7-9-20(10-8-19)33(6)27(36)31-25-15-24(38-32-25)28(3,4)5/h7-12,15-16,18,22H,13-14,17H2,1-6H3,(H,30,35)(H,31,32,36). The van der Waals surface area contributed by atoms with E-state index >= 15 is 0 Å². The van der Waals surface area contributed by atoms with E-state index in [0.29, 0.717) is 34.7 Å². The monoisotopic (exact) mass is 520 g/mol. The molecule has 202 valence electrons. The molecule has 2 N–H and O–H groups in total. The van der Waals surface area contributed by atoms with Crippen molar-refractivity contribution in [2.75, 3.05) is 35.7 Å². The van der Waals surface area contributed by atoms with Gasteiger partial charge in [0.1, 0.15) is 23.3 Å². The van der Waals surface area contributed by atoms with Gasteiger partial charge >= 0.3 is 6.03 Å². The number of ether oxygens (including phenoxy) is 1. The van der Waals surface area contributed by atoms with Gasteiger partial charge in [0.25, 0.3) is 5.91 Å². The number of hydrogen-bond donors (Lipinski definition) is 2. The second-order valence-electron chi connectivity index (χ2n) is 10.8. The molecular weight excluding hydrogens is 484 g/mol. The first-order chi connectivity index (χ1) is 18.0. The van der Waals surface area contributed by atoms with Crippen LogP contribution >= 0.6 is 0 Å². The Labute approximate surface area is 223 Å². The van der Waals surface area contributed by atoms with Crippen LogP contribution in [0.25, 0.3) is 0 Å². The molecule has 38 heavy (non-hydrogen) atoms. The van der Waals surface area contributed by atoms with Gasteiger partial charge in [0.05, 0.1) is 6.20 Å². The average molecular weight is 521 g/mol. The highest BCUT2D eigenvalue weighted by Crippen LogP contribution is 2.25. The lowest BCUT2D eigenvalue weighted by Crippen LogP contribution is -2.31. The molecule has 0 saturated carbocycles. The van der Waals surface area contributed by atoms with Crippen LogP contribution in [-0.4, -0.2) is 59.3 Å². The fourth-order valence-corrected chi connectivity index (χ4v) is 4.06. The molecule has 1 atom stereocenters. The number of nitrogens with zero attached hydrogens (tertiary/aromatic N) is 4. The summed E-state index contributed by atoms with van der Waals surface area (Å²) >= 11 is 0. The van der Waals surface area contributed by atoms with Crippen molar-refractivity contribution in [3.63, 3.8) is 0 Å². The number of hydrogen-bond acceptors (Lipinski definition) is 7. The van der Waals surface area contributed by atoms with Crippen molar-refractivity contribution in [3.8, 4) is 5.75 Å². The third-order valence-corrected chi connectivity index (χ3v) is 6.48. The summed E-state index contributed by atoms with van der Waals surface area (Å²) in [5.41, 5.74) is 1.30. The van der Waals surface area contributed by atoms with Gasteiger partial charge in [-0.1, -0.05) is 25.9 Å². The predicted octanol–water partition coefficient (Wildman–Crippen LogP) is 5.15. The number of anilines is 3. The number of amides is 3.